The molecule has 1 saturated heterocycles. The zero-order valence-corrected chi connectivity index (χ0v) is 16.0. The second-order valence-electron chi connectivity index (χ2n) is 6.84. The molecular weight excluding hydrogens is 376 g/mol. The molecule has 3 amide bonds. The standard InChI is InChI=1S/C20H22N4O5/c1-11(13-3-5-14(29-2)6-4-13)23-20(28)24-17(19(26)27)15(18(24)25)9-12-7-8-22-16(21)10-12/h3-8,10-11,15,17H,9H2,1-2H3,(H2,21,22)(H,23,28)(H,26,27)/t11-,15-,17+/m1/s1. The third kappa shape index (κ3) is 4.13. The number of nitrogens with one attached hydrogen (secondary N) is 1. The van der Waals surface area contributed by atoms with Crippen LogP contribution in [-0.4, -0.2) is 46.0 Å². The third-order valence-corrected chi connectivity index (χ3v) is 4.94. The Balaban J connectivity index is 1.69. The van der Waals surface area contributed by atoms with Crippen molar-refractivity contribution in [2.75, 3.05) is 12.8 Å². The lowest BCUT2D eigenvalue weighted by atomic mass is 9.82. The highest BCUT2D eigenvalue weighted by molar-refractivity contribution is 6.07. The van der Waals surface area contributed by atoms with Crippen molar-refractivity contribution < 1.29 is 24.2 Å². The normalized spacial score (nSPS) is 19.2. The zero-order chi connectivity index (χ0) is 21.1. The number of nitrogens with zero attached hydrogens (tertiary/aromatic N) is 2. The number of nitrogens with two attached hydrogens (primary N) is 1. The van der Waals surface area contributed by atoms with Gasteiger partial charge in [0.2, 0.25) is 5.91 Å². The van der Waals surface area contributed by atoms with Crippen LogP contribution in [0, 0.1) is 5.92 Å². The van der Waals surface area contributed by atoms with Gasteiger partial charge in [-0.25, -0.2) is 19.5 Å². The fourth-order valence-electron chi connectivity index (χ4n) is 3.36. The number of β-lactam (4-membered cyclic amide) rings is 1. The van der Waals surface area contributed by atoms with Gasteiger partial charge in [-0.3, -0.25) is 4.79 Å². The number of rotatable bonds is 6. The Labute approximate surface area is 167 Å². The Morgan fingerprint density at radius 3 is 2.59 bits per heavy atom. The molecule has 9 nitrogen and oxygen atoms in total. The van der Waals surface area contributed by atoms with Crippen LogP contribution >= 0.6 is 0 Å². The number of carbonyl (C=O) groups excluding carboxylic acids is 2. The van der Waals surface area contributed by atoms with Crippen LogP contribution in [0.2, 0.25) is 0 Å². The van der Waals surface area contributed by atoms with Crippen molar-refractivity contribution in [1.29, 1.82) is 0 Å². The zero-order valence-electron chi connectivity index (χ0n) is 16.0. The number of aromatic nitrogens is 1. The summed E-state index contributed by atoms with van der Waals surface area (Å²) in [5.74, 6) is -1.65. The van der Waals surface area contributed by atoms with E-state index in [4.69, 9.17) is 10.5 Å². The molecule has 0 unspecified atom stereocenters. The van der Waals surface area contributed by atoms with E-state index in [1.165, 1.54) is 6.20 Å². The molecule has 0 aliphatic carbocycles. The van der Waals surface area contributed by atoms with E-state index in [0.717, 1.165) is 10.5 Å². The number of anilines is 1. The van der Waals surface area contributed by atoms with Crippen LogP contribution in [0.25, 0.3) is 0 Å². The van der Waals surface area contributed by atoms with Crippen molar-refractivity contribution in [3.63, 3.8) is 0 Å². The second kappa shape index (κ2) is 8.17. The Bertz CT molecular complexity index is 931. The highest BCUT2D eigenvalue weighted by Gasteiger charge is 2.54. The number of aliphatic carboxylic acids is 1. The minimum Gasteiger partial charge on any atom is -0.497 e. The van der Waals surface area contributed by atoms with Crippen LogP contribution in [0.3, 0.4) is 0 Å². The molecule has 3 atom stereocenters. The maximum Gasteiger partial charge on any atom is 0.327 e. The van der Waals surface area contributed by atoms with Crippen LogP contribution in [0.1, 0.15) is 24.1 Å². The Morgan fingerprint density at radius 2 is 2.00 bits per heavy atom. The topological polar surface area (TPSA) is 135 Å². The van der Waals surface area contributed by atoms with Crippen molar-refractivity contribution in [3.05, 3.63) is 53.7 Å². The molecule has 2 heterocycles. The van der Waals surface area contributed by atoms with Crippen LogP contribution in [-0.2, 0) is 16.0 Å². The van der Waals surface area contributed by atoms with E-state index in [9.17, 15) is 19.5 Å². The molecule has 0 saturated carbocycles. The summed E-state index contributed by atoms with van der Waals surface area (Å²) < 4.78 is 5.10. The Kier molecular flexibility index (Phi) is 5.67. The van der Waals surface area contributed by atoms with Gasteiger partial charge in [0.05, 0.1) is 19.1 Å². The SMILES string of the molecule is COc1ccc([C@@H](C)NC(=O)N2C(=O)[C@H](Cc3ccnc(N)c3)[C@H]2C(=O)O)cc1. The van der Waals surface area contributed by atoms with E-state index < -0.39 is 35.9 Å². The van der Waals surface area contributed by atoms with Gasteiger partial charge in [-0.2, -0.15) is 0 Å². The van der Waals surface area contributed by atoms with E-state index in [1.54, 1.807) is 50.4 Å². The molecule has 0 radical (unpaired) electrons. The molecule has 1 aliphatic rings. The number of hydrogen-bond acceptors (Lipinski definition) is 6. The number of carboxylic acid groups (broad SMARTS) is 1. The number of carbonyl (C=O) groups is 3. The largest absolute Gasteiger partial charge is 0.497 e. The molecular formula is C20H22N4O5. The van der Waals surface area contributed by atoms with E-state index in [-0.39, 0.29) is 12.2 Å². The molecule has 0 bridgehead atoms. The maximum absolute atomic E-state index is 12.6. The molecule has 29 heavy (non-hydrogen) atoms. The lowest BCUT2D eigenvalue weighted by Crippen LogP contribution is -2.68. The number of urea groups is 1. The van der Waals surface area contributed by atoms with Gasteiger partial charge in [-0.15, -0.1) is 0 Å². The number of nitrogen functional groups attached to an aromatic ring is 1. The van der Waals surface area contributed by atoms with E-state index in [1.807, 2.05) is 0 Å². The van der Waals surface area contributed by atoms with Gasteiger partial charge in [0.15, 0.2) is 6.04 Å². The summed E-state index contributed by atoms with van der Waals surface area (Å²) in [7, 11) is 1.55. The van der Waals surface area contributed by atoms with Crippen LogP contribution < -0.4 is 15.8 Å². The predicted octanol–water partition coefficient (Wildman–Crippen LogP) is 1.60. The summed E-state index contributed by atoms with van der Waals surface area (Å²) in [5, 5.41) is 12.2. The number of hydrogen-bond donors (Lipinski definition) is 3. The molecule has 1 fully saturated rings. The Hall–Kier alpha value is -3.62. The maximum atomic E-state index is 12.6. The molecule has 4 N–H and O–H groups in total. The number of amides is 3. The van der Waals surface area contributed by atoms with Gasteiger partial charge in [0, 0.05) is 6.20 Å². The highest BCUT2D eigenvalue weighted by atomic mass is 16.5. The average Bonchev–Trinajstić information content (AvgIpc) is 2.69. The molecule has 152 valence electrons. The molecule has 9 heteroatoms. The number of imide groups is 1. The summed E-state index contributed by atoms with van der Waals surface area (Å²) in [6.07, 6.45) is 1.66. The molecule has 1 aromatic carbocycles. The quantitative estimate of drug-likeness (QED) is 0.629. The van der Waals surface area contributed by atoms with Crippen LogP contribution in [0.15, 0.2) is 42.6 Å². The van der Waals surface area contributed by atoms with E-state index >= 15 is 0 Å². The van der Waals surface area contributed by atoms with Crippen LogP contribution in [0.4, 0.5) is 10.6 Å². The first kappa shape index (κ1) is 20.1. The minimum atomic E-state index is -1.24. The molecule has 2 aromatic rings. The fraction of sp³-hybridized carbons (Fsp3) is 0.300. The lowest BCUT2D eigenvalue weighted by Gasteiger charge is -2.43. The van der Waals surface area contributed by atoms with Crippen molar-refractivity contribution in [2.45, 2.75) is 25.4 Å². The number of methoxy groups -OCH3 is 1. The van der Waals surface area contributed by atoms with Gasteiger partial charge in [0.25, 0.3) is 0 Å². The first-order valence-electron chi connectivity index (χ1n) is 9.02. The second-order valence-corrected chi connectivity index (χ2v) is 6.84. The summed E-state index contributed by atoms with van der Waals surface area (Å²) in [6.45, 7) is 1.75. The number of likely N-dealkylation sites (tertiary alicyclic amines) is 1. The van der Waals surface area contributed by atoms with Gasteiger partial charge in [-0.1, -0.05) is 12.1 Å². The fourth-order valence-corrected chi connectivity index (χ4v) is 3.36. The first-order valence-corrected chi connectivity index (χ1v) is 9.02. The smallest absolute Gasteiger partial charge is 0.327 e. The van der Waals surface area contributed by atoms with Crippen LogP contribution in [0.5, 0.6) is 5.75 Å². The monoisotopic (exact) mass is 398 g/mol. The number of ether oxygens (including phenoxy) is 1. The minimum absolute atomic E-state index is 0.167. The van der Waals surface area contributed by atoms with E-state index in [2.05, 4.69) is 10.3 Å². The Morgan fingerprint density at radius 1 is 1.31 bits per heavy atom. The van der Waals surface area contributed by atoms with Gasteiger partial charge in [0.1, 0.15) is 11.6 Å². The molecule has 1 aliphatic heterocycles. The summed E-state index contributed by atoms with van der Waals surface area (Å²) >= 11 is 0. The van der Waals surface area contributed by atoms with Gasteiger partial charge >= 0.3 is 12.0 Å². The van der Waals surface area contributed by atoms with Gasteiger partial charge in [-0.05, 0) is 48.7 Å². The highest BCUT2D eigenvalue weighted by Crippen LogP contribution is 2.31. The lowest BCUT2D eigenvalue weighted by molar-refractivity contribution is -0.165. The van der Waals surface area contributed by atoms with Crippen molar-refractivity contribution >= 4 is 23.7 Å². The van der Waals surface area contributed by atoms with Crippen molar-refractivity contribution in [2.24, 2.45) is 5.92 Å². The molecule has 1 aromatic heterocycles. The van der Waals surface area contributed by atoms with Crippen molar-refractivity contribution in [1.82, 2.24) is 15.2 Å². The van der Waals surface area contributed by atoms with Gasteiger partial charge < -0.3 is 20.9 Å². The summed E-state index contributed by atoms with van der Waals surface area (Å²) in [5.41, 5.74) is 7.11. The summed E-state index contributed by atoms with van der Waals surface area (Å²) in [6, 6.07) is 7.93. The average molecular weight is 398 g/mol. The van der Waals surface area contributed by atoms with E-state index in [0.29, 0.717) is 11.3 Å². The number of pyridine rings is 1. The third-order valence-electron chi connectivity index (χ3n) is 4.94. The first-order chi connectivity index (χ1) is 13.8. The number of carboxylic acids is 1. The predicted molar refractivity (Wildman–Crippen MR) is 104 cm³/mol. The number of benzene rings is 1. The van der Waals surface area contributed by atoms with Crippen molar-refractivity contribution in [3.8, 4) is 5.75 Å². The molecule has 0 spiro atoms. The summed E-state index contributed by atoms with van der Waals surface area (Å²) in [4.78, 5) is 41.5. The molecule has 3 rings (SSSR count).